The van der Waals surface area contributed by atoms with Crippen molar-refractivity contribution < 1.29 is 9.90 Å². The van der Waals surface area contributed by atoms with E-state index in [1.54, 1.807) is 0 Å². The van der Waals surface area contributed by atoms with E-state index in [4.69, 9.17) is 5.11 Å². The second-order valence-electron chi connectivity index (χ2n) is 2.52. The molecule has 0 rings (SSSR count). The molecule has 0 saturated heterocycles. The molecule has 0 bridgehead atoms. The number of rotatable bonds is 4. The van der Waals surface area contributed by atoms with Crippen molar-refractivity contribution in [2.75, 3.05) is 13.2 Å². The third-order valence-electron chi connectivity index (χ3n) is 1.16. The lowest BCUT2D eigenvalue weighted by molar-refractivity contribution is -0.123. The van der Waals surface area contributed by atoms with Gasteiger partial charge in [-0.2, -0.15) is 0 Å². The summed E-state index contributed by atoms with van der Waals surface area (Å²) in [5, 5.41) is 11.1. The maximum atomic E-state index is 10.8. The van der Waals surface area contributed by atoms with Crippen LogP contribution in [0.25, 0.3) is 0 Å². The topological polar surface area (TPSA) is 49.3 Å². The quantitative estimate of drug-likeness (QED) is 0.553. The Morgan fingerprint density at radius 1 is 1.60 bits per heavy atom. The van der Waals surface area contributed by atoms with Crippen LogP contribution < -0.4 is 5.32 Å². The highest BCUT2D eigenvalue weighted by molar-refractivity contribution is 5.77. The van der Waals surface area contributed by atoms with Crippen molar-refractivity contribution in [1.82, 2.24) is 5.32 Å². The minimum atomic E-state index is 0.0405. The van der Waals surface area contributed by atoms with Gasteiger partial charge in [0.25, 0.3) is 0 Å². The molecule has 0 unspecified atom stereocenters. The molecule has 60 valence electrons. The molecule has 1 amide bonds. The SMILES string of the molecule is CC(C)C(=O)NCCCO. The molecule has 0 heterocycles. The minimum Gasteiger partial charge on any atom is -0.396 e. The van der Waals surface area contributed by atoms with E-state index < -0.39 is 0 Å². The lowest BCUT2D eigenvalue weighted by Crippen LogP contribution is -2.28. The number of hydrogen-bond acceptors (Lipinski definition) is 2. The van der Waals surface area contributed by atoms with Gasteiger partial charge in [-0.25, -0.2) is 0 Å². The second-order valence-corrected chi connectivity index (χ2v) is 2.52. The number of aliphatic hydroxyl groups excluding tert-OH is 1. The molecular formula is C7H15NO2. The fourth-order valence-corrected chi connectivity index (χ4v) is 0.495. The van der Waals surface area contributed by atoms with Crippen molar-refractivity contribution in [3.8, 4) is 0 Å². The Balaban J connectivity index is 3.22. The molecule has 0 aliphatic rings. The van der Waals surface area contributed by atoms with Gasteiger partial charge in [-0.05, 0) is 6.42 Å². The molecule has 0 fully saturated rings. The van der Waals surface area contributed by atoms with E-state index >= 15 is 0 Å². The first kappa shape index (κ1) is 9.43. The molecule has 0 radical (unpaired) electrons. The van der Waals surface area contributed by atoms with Gasteiger partial charge in [0.2, 0.25) is 5.91 Å². The van der Waals surface area contributed by atoms with Crippen molar-refractivity contribution in [3.05, 3.63) is 0 Å². The average Bonchev–Trinajstić information content (AvgIpc) is 1.88. The summed E-state index contributed by atoms with van der Waals surface area (Å²) in [4.78, 5) is 10.8. The highest BCUT2D eigenvalue weighted by atomic mass is 16.3. The number of carbonyl (C=O) groups is 1. The van der Waals surface area contributed by atoms with Crippen molar-refractivity contribution in [2.24, 2.45) is 5.92 Å². The monoisotopic (exact) mass is 145 g/mol. The van der Waals surface area contributed by atoms with E-state index in [0.717, 1.165) is 0 Å². The van der Waals surface area contributed by atoms with E-state index in [1.165, 1.54) is 0 Å². The van der Waals surface area contributed by atoms with E-state index in [0.29, 0.717) is 13.0 Å². The van der Waals surface area contributed by atoms with Crippen LogP contribution in [-0.4, -0.2) is 24.2 Å². The Bertz CT molecular complexity index is 102. The van der Waals surface area contributed by atoms with Gasteiger partial charge in [0.1, 0.15) is 0 Å². The molecule has 0 saturated carbocycles. The van der Waals surface area contributed by atoms with Crippen molar-refractivity contribution in [1.29, 1.82) is 0 Å². The van der Waals surface area contributed by atoms with Gasteiger partial charge < -0.3 is 10.4 Å². The Kier molecular flexibility index (Phi) is 4.94. The fraction of sp³-hybridized carbons (Fsp3) is 0.857. The van der Waals surface area contributed by atoms with Gasteiger partial charge in [0.05, 0.1) is 0 Å². The molecule has 0 atom stereocenters. The minimum absolute atomic E-state index is 0.0405. The van der Waals surface area contributed by atoms with Gasteiger partial charge >= 0.3 is 0 Å². The van der Waals surface area contributed by atoms with Crippen LogP contribution in [0.5, 0.6) is 0 Å². The Labute approximate surface area is 61.4 Å². The number of aliphatic hydroxyl groups is 1. The molecule has 0 aliphatic carbocycles. The smallest absolute Gasteiger partial charge is 0.222 e. The van der Waals surface area contributed by atoms with Crippen molar-refractivity contribution in [3.63, 3.8) is 0 Å². The summed E-state index contributed by atoms with van der Waals surface area (Å²) in [5.74, 6) is 0.0899. The maximum Gasteiger partial charge on any atom is 0.222 e. The summed E-state index contributed by atoms with van der Waals surface area (Å²) in [6.07, 6.45) is 0.637. The zero-order chi connectivity index (χ0) is 7.98. The number of carbonyl (C=O) groups excluding carboxylic acids is 1. The van der Waals surface area contributed by atoms with Crippen LogP contribution in [0.15, 0.2) is 0 Å². The first-order valence-corrected chi connectivity index (χ1v) is 3.57. The van der Waals surface area contributed by atoms with Gasteiger partial charge in [0, 0.05) is 19.1 Å². The van der Waals surface area contributed by atoms with E-state index in [2.05, 4.69) is 5.32 Å². The largest absolute Gasteiger partial charge is 0.396 e. The molecular weight excluding hydrogens is 130 g/mol. The lowest BCUT2D eigenvalue weighted by Gasteiger charge is -2.05. The van der Waals surface area contributed by atoms with Crippen LogP contribution in [-0.2, 0) is 4.79 Å². The summed E-state index contributed by atoms with van der Waals surface area (Å²) in [5.41, 5.74) is 0. The zero-order valence-corrected chi connectivity index (χ0v) is 6.55. The lowest BCUT2D eigenvalue weighted by atomic mass is 10.2. The summed E-state index contributed by atoms with van der Waals surface area (Å²) in [6, 6.07) is 0. The third kappa shape index (κ3) is 4.32. The normalized spacial score (nSPS) is 10.0. The predicted molar refractivity (Wildman–Crippen MR) is 39.6 cm³/mol. The number of amides is 1. The molecule has 3 heteroatoms. The van der Waals surface area contributed by atoms with Gasteiger partial charge in [-0.15, -0.1) is 0 Å². The van der Waals surface area contributed by atoms with E-state index in [9.17, 15) is 4.79 Å². The fourth-order valence-electron chi connectivity index (χ4n) is 0.495. The van der Waals surface area contributed by atoms with E-state index in [1.807, 2.05) is 13.8 Å². The summed E-state index contributed by atoms with van der Waals surface area (Å²) in [6.45, 7) is 4.40. The van der Waals surface area contributed by atoms with Gasteiger partial charge in [-0.1, -0.05) is 13.8 Å². The predicted octanol–water partition coefficient (Wildman–Crippen LogP) is 0.141. The van der Waals surface area contributed by atoms with Crippen molar-refractivity contribution in [2.45, 2.75) is 20.3 Å². The molecule has 0 spiro atoms. The Morgan fingerprint density at radius 2 is 2.20 bits per heavy atom. The summed E-state index contributed by atoms with van der Waals surface area (Å²) in [7, 11) is 0. The summed E-state index contributed by atoms with van der Waals surface area (Å²) >= 11 is 0. The summed E-state index contributed by atoms with van der Waals surface area (Å²) < 4.78 is 0. The molecule has 10 heavy (non-hydrogen) atoms. The number of hydrogen-bond donors (Lipinski definition) is 2. The maximum absolute atomic E-state index is 10.8. The van der Waals surface area contributed by atoms with Crippen LogP contribution in [0.4, 0.5) is 0 Å². The van der Waals surface area contributed by atoms with Gasteiger partial charge in [0.15, 0.2) is 0 Å². The van der Waals surface area contributed by atoms with Crippen LogP contribution >= 0.6 is 0 Å². The second kappa shape index (κ2) is 5.23. The highest BCUT2D eigenvalue weighted by Crippen LogP contribution is 1.89. The standard InChI is InChI=1S/C7H15NO2/c1-6(2)7(10)8-4-3-5-9/h6,9H,3-5H2,1-2H3,(H,8,10). The average molecular weight is 145 g/mol. The van der Waals surface area contributed by atoms with Crippen LogP contribution in [0.2, 0.25) is 0 Å². The van der Waals surface area contributed by atoms with Crippen LogP contribution in [0.3, 0.4) is 0 Å². The third-order valence-corrected chi connectivity index (χ3v) is 1.16. The molecule has 0 aromatic heterocycles. The zero-order valence-electron chi connectivity index (χ0n) is 6.55. The number of nitrogens with one attached hydrogen (secondary N) is 1. The first-order valence-electron chi connectivity index (χ1n) is 3.57. The first-order chi connectivity index (χ1) is 4.68. The molecule has 2 N–H and O–H groups in total. The molecule has 3 nitrogen and oxygen atoms in total. The molecule has 0 aromatic carbocycles. The molecule has 0 aliphatic heterocycles. The van der Waals surface area contributed by atoms with E-state index in [-0.39, 0.29) is 18.4 Å². The van der Waals surface area contributed by atoms with Crippen molar-refractivity contribution >= 4 is 5.91 Å². The van der Waals surface area contributed by atoms with Gasteiger partial charge in [-0.3, -0.25) is 4.79 Å². The highest BCUT2D eigenvalue weighted by Gasteiger charge is 2.03. The Morgan fingerprint density at radius 3 is 2.60 bits per heavy atom. The Hall–Kier alpha value is -0.570. The molecule has 0 aromatic rings. The van der Waals surface area contributed by atoms with Crippen LogP contribution in [0, 0.1) is 5.92 Å². The van der Waals surface area contributed by atoms with Crippen LogP contribution in [0.1, 0.15) is 20.3 Å².